The van der Waals surface area contributed by atoms with Crippen LogP contribution in [0.2, 0.25) is 0 Å². The minimum absolute atomic E-state index is 0.0607. The molecule has 24 heavy (non-hydrogen) atoms. The van der Waals surface area contributed by atoms with Gasteiger partial charge in [0.1, 0.15) is 16.4 Å². The lowest BCUT2D eigenvalue weighted by molar-refractivity contribution is 0.232. The van der Waals surface area contributed by atoms with Gasteiger partial charge < -0.3 is 14.6 Å². The molecule has 0 aromatic heterocycles. The van der Waals surface area contributed by atoms with Crippen molar-refractivity contribution in [3.05, 3.63) is 18.2 Å². The molecule has 8 nitrogen and oxygen atoms in total. The van der Waals surface area contributed by atoms with E-state index in [2.05, 4.69) is 0 Å². The van der Waals surface area contributed by atoms with Crippen molar-refractivity contribution >= 4 is 19.9 Å². The van der Waals surface area contributed by atoms with E-state index in [9.17, 15) is 21.9 Å². The number of methoxy groups -OCH3 is 2. The average Bonchev–Trinajstić information content (AvgIpc) is 2.91. The summed E-state index contributed by atoms with van der Waals surface area (Å²) in [7, 11) is -4.52. The van der Waals surface area contributed by atoms with Crippen molar-refractivity contribution in [1.29, 1.82) is 0 Å². The van der Waals surface area contributed by atoms with Gasteiger partial charge in [0, 0.05) is 18.7 Å². The zero-order valence-electron chi connectivity index (χ0n) is 13.5. The highest BCUT2D eigenvalue weighted by atomic mass is 32.2. The molecule has 2 rings (SSSR count). The van der Waals surface area contributed by atoms with Crippen LogP contribution in [0.5, 0.6) is 11.5 Å². The summed E-state index contributed by atoms with van der Waals surface area (Å²) in [5, 5.41) is 9.24. The van der Waals surface area contributed by atoms with Gasteiger partial charge in [-0.15, -0.1) is 0 Å². The molecule has 10 heteroatoms. The van der Waals surface area contributed by atoms with E-state index in [0.29, 0.717) is 5.75 Å². The van der Waals surface area contributed by atoms with Crippen LogP contribution in [0.25, 0.3) is 0 Å². The maximum absolute atomic E-state index is 13.0. The van der Waals surface area contributed by atoms with Gasteiger partial charge in [-0.1, -0.05) is 0 Å². The number of rotatable bonds is 7. The Labute approximate surface area is 142 Å². The lowest BCUT2D eigenvalue weighted by Crippen LogP contribution is -2.42. The maximum atomic E-state index is 13.0. The molecule has 1 aromatic rings. The number of sulfonamides is 1. The second-order valence-electron chi connectivity index (χ2n) is 5.41. The number of benzene rings is 1. The molecule has 0 unspecified atom stereocenters. The molecule has 1 N–H and O–H groups in total. The minimum atomic E-state index is -4.04. The standard InChI is InChI=1S/C14H21NO7S2/c1-21-12-3-4-14(13(9-12)22-2)24(19,20)15(6-7-16)11-5-8-23(17,18)10-11/h3-4,9,11,16H,5-8,10H2,1-2H3/t11-/m0/s1. The van der Waals surface area contributed by atoms with E-state index in [0.717, 1.165) is 4.31 Å². The fourth-order valence-electron chi connectivity index (χ4n) is 2.71. The van der Waals surface area contributed by atoms with E-state index < -0.39 is 32.5 Å². The summed E-state index contributed by atoms with van der Waals surface area (Å²) in [6, 6.07) is 3.58. The highest BCUT2D eigenvalue weighted by Gasteiger charge is 2.39. The highest BCUT2D eigenvalue weighted by molar-refractivity contribution is 7.92. The number of hydrogen-bond donors (Lipinski definition) is 1. The monoisotopic (exact) mass is 379 g/mol. The summed E-state index contributed by atoms with van der Waals surface area (Å²) in [6.45, 7) is -0.591. The number of sulfone groups is 1. The van der Waals surface area contributed by atoms with Crippen molar-refractivity contribution in [3.8, 4) is 11.5 Å². The Kier molecular flexibility index (Phi) is 5.74. The van der Waals surface area contributed by atoms with Crippen molar-refractivity contribution in [2.24, 2.45) is 0 Å². The van der Waals surface area contributed by atoms with Crippen molar-refractivity contribution in [1.82, 2.24) is 4.31 Å². The third kappa shape index (κ3) is 3.82. The fraction of sp³-hybridized carbons (Fsp3) is 0.571. The predicted molar refractivity (Wildman–Crippen MR) is 87.6 cm³/mol. The van der Waals surface area contributed by atoms with E-state index in [-0.39, 0.29) is 35.1 Å². The fourth-order valence-corrected chi connectivity index (χ4v) is 6.32. The zero-order valence-corrected chi connectivity index (χ0v) is 15.1. The summed E-state index contributed by atoms with van der Waals surface area (Å²) in [5.74, 6) is 0.223. The second kappa shape index (κ2) is 7.26. The van der Waals surface area contributed by atoms with Crippen molar-refractivity contribution < 1.29 is 31.4 Å². The minimum Gasteiger partial charge on any atom is -0.497 e. The number of ether oxygens (including phenoxy) is 2. The molecule has 0 radical (unpaired) electrons. The predicted octanol–water partition coefficient (Wildman–Crippen LogP) is -0.126. The molecule has 1 aromatic carbocycles. The molecule has 0 spiro atoms. The van der Waals surface area contributed by atoms with Gasteiger partial charge in [-0.3, -0.25) is 0 Å². The van der Waals surface area contributed by atoms with Gasteiger partial charge in [-0.25, -0.2) is 16.8 Å². The number of aliphatic hydroxyl groups excluding tert-OH is 1. The van der Waals surface area contributed by atoms with Crippen LogP contribution < -0.4 is 9.47 Å². The summed E-state index contributed by atoms with van der Waals surface area (Å²) in [5.41, 5.74) is 0. The summed E-state index contributed by atoms with van der Waals surface area (Å²) < 4.78 is 60.6. The Morgan fingerprint density at radius 1 is 1.29 bits per heavy atom. The Morgan fingerprint density at radius 2 is 2.00 bits per heavy atom. The number of nitrogens with zero attached hydrogens (tertiary/aromatic N) is 1. The maximum Gasteiger partial charge on any atom is 0.247 e. The van der Waals surface area contributed by atoms with Crippen LogP contribution in [-0.2, 0) is 19.9 Å². The molecule has 0 saturated carbocycles. The third-order valence-electron chi connectivity index (χ3n) is 3.89. The van der Waals surface area contributed by atoms with E-state index in [4.69, 9.17) is 9.47 Å². The van der Waals surface area contributed by atoms with E-state index in [1.807, 2.05) is 0 Å². The molecule has 1 aliphatic rings. The first kappa shape index (κ1) is 19.0. The Bertz CT molecular complexity index is 789. The molecule has 136 valence electrons. The molecule has 0 amide bonds. The topological polar surface area (TPSA) is 110 Å². The molecule has 1 saturated heterocycles. The first-order chi connectivity index (χ1) is 11.2. The molecule has 1 atom stereocenters. The molecule has 1 aliphatic heterocycles. The Morgan fingerprint density at radius 3 is 2.50 bits per heavy atom. The van der Waals surface area contributed by atoms with Gasteiger partial charge in [0.25, 0.3) is 0 Å². The molecule has 0 bridgehead atoms. The van der Waals surface area contributed by atoms with Crippen LogP contribution in [0.4, 0.5) is 0 Å². The van der Waals surface area contributed by atoms with Crippen LogP contribution in [0.1, 0.15) is 6.42 Å². The van der Waals surface area contributed by atoms with Crippen LogP contribution in [0.3, 0.4) is 0 Å². The zero-order chi connectivity index (χ0) is 18.0. The number of hydrogen-bond acceptors (Lipinski definition) is 7. The van der Waals surface area contributed by atoms with Gasteiger partial charge in [0.2, 0.25) is 10.0 Å². The molecular formula is C14H21NO7S2. The van der Waals surface area contributed by atoms with Crippen LogP contribution >= 0.6 is 0 Å². The lowest BCUT2D eigenvalue weighted by atomic mass is 10.3. The van der Waals surface area contributed by atoms with Crippen LogP contribution in [0, 0.1) is 0 Å². The number of aliphatic hydroxyl groups is 1. The lowest BCUT2D eigenvalue weighted by Gasteiger charge is -2.27. The Balaban J connectivity index is 2.45. The van der Waals surface area contributed by atoms with Crippen molar-refractivity contribution in [2.75, 3.05) is 38.9 Å². The van der Waals surface area contributed by atoms with E-state index >= 15 is 0 Å². The van der Waals surface area contributed by atoms with Gasteiger partial charge >= 0.3 is 0 Å². The normalized spacial score (nSPS) is 20.2. The van der Waals surface area contributed by atoms with Crippen LogP contribution in [-0.4, -0.2) is 71.2 Å². The largest absolute Gasteiger partial charge is 0.497 e. The van der Waals surface area contributed by atoms with Crippen molar-refractivity contribution in [2.45, 2.75) is 17.4 Å². The quantitative estimate of drug-likeness (QED) is 0.703. The summed E-state index contributed by atoms with van der Waals surface area (Å²) >= 11 is 0. The van der Waals surface area contributed by atoms with Crippen molar-refractivity contribution in [3.63, 3.8) is 0 Å². The molecule has 0 aliphatic carbocycles. The van der Waals surface area contributed by atoms with Gasteiger partial charge in [0.05, 0.1) is 32.3 Å². The van der Waals surface area contributed by atoms with Gasteiger partial charge in [-0.05, 0) is 18.6 Å². The summed E-state index contributed by atoms with van der Waals surface area (Å²) in [6.07, 6.45) is 0.208. The van der Waals surface area contributed by atoms with Crippen LogP contribution in [0.15, 0.2) is 23.1 Å². The molecule has 1 heterocycles. The third-order valence-corrected chi connectivity index (χ3v) is 7.64. The molecular weight excluding hydrogens is 358 g/mol. The second-order valence-corrected chi connectivity index (χ2v) is 9.50. The first-order valence-electron chi connectivity index (χ1n) is 7.30. The smallest absolute Gasteiger partial charge is 0.247 e. The van der Waals surface area contributed by atoms with E-state index in [1.54, 1.807) is 0 Å². The SMILES string of the molecule is COc1ccc(S(=O)(=O)N(CCO)[C@H]2CCS(=O)(=O)C2)c(OC)c1. The highest BCUT2D eigenvalue weighted by Crippen LogP contribution is 2.32. The summed E-state index contributed by atoms with van der Waals surface area (Å²) in [4.78, 5) is -0.0939. The first-order valence-corrected chi connectivity index (χ1v) is 10.6. The average molecular weight is 379 g/mol. The van der Waals surface area contributed by atoms with Gasteiger partial charge in [0.15, 0.2) is 9.84 Å². The van der Waals surface area contributed by atoms with Gasteiger partial charge in [-0.2, -0.15) is 4.31 Å². The molecule has 1 fully saturated rings. The van der Waals surface area contributed by atoms with E-state index in [1.165, 1.54) is 32.4 Å². The Hall–Kier alpha value is -1.36.